The summed E-state index contributed by atoms with van der Waals surface area (Å²) >= 11 is 0. The van der Waals surface area contributed by atoms with E-state index in [0.29, 0.717) is 18.2 Å². The number of aliphatic carboxylic acids is 1. The predicted octanol–water partition coefficient (Wildman–Crippen LogP) is 1.35. The Balaban J connectivity index is 2.41. The predicted molar refractivity (Wildman–Crippen MR) is 68.7 cm³/mol. The topological polar surface area (TPSA) is 90.1 Å². The Labute approximate surface area is 111 Å². The van der Waals surface area contributed by atoms with E-state index in [-0.39, 0.29) is 11.6 Å². The van der Waals surface area contributed by atoms with Crippen molar-refractivity contribution in [2.75, 3.05) is 11.4 Å². The van der Waals surface area contributed by atoms with Crippen molar-refractivity contribution in [3.8, 4) is 6.07 Å². The highest BCUT2D eigenvalue weighted by Gasteiger charge is 2.35. The van der Waals surface area contributed by atoms with Crippen molar-refractivity contribution >= 4 is 11.9 Å². The molecule has 1 aromatic rings. The van der Waals surface area contributed by atoms with Crippen LogP contribution in [0.1, 0.15) is 31.2 Å². The Morgan fingerprint density at radius 1 is 1.58 bits per heavy atom. The van der Waals surface area contributed by atoms with Gasteiger partial charge in [0.2, 0.25) is 5.95 Å². The monoisotopic (exact) mass is 260 g/mol. The van der Waals surface area contributed by atoms with Gasteiger partial charge >= 0.3 is 5.97 Å². The fourth-order valence-electron chi connectivity index (χ4n) is 2.53. The maximum atomic E-state index is 11.4. The average Bonchev–Trinajstić information content (AvgIpc) is 2.37. The molecule has 1 aromatic heterocycles. The lowest BCUT2D eigenvalue weighted by Crippen LogP contribution is -2.50. The Morgan fingerprint density at radius 3 is 2.95 bits per heavy atom. The van der Waals surface area contributed by atoms with Gasteiger partial charge in [0.15, 0.2) is 0 Å². The molecule has 0 spiro atoms. The fourth-order valence-corrected chi connectivity index (χ4v) is 2.53. The van der Waals surface area contributed by atoms with Crippen molar-refractivity contribution < 1.29 is 9.90 Å². The zero-order valence-electron chi connectivity index (χ0n) is 11.0. The largest absolute Gasteiger partial charge is 0.480 e. The lowest BCUT2D eigenvalue weighted by Gasteiger charge is -2.37. The van der Waals surface area contributed by atoms with E-state index in [9.17, 15) is 9.90 Å². The van der Waals surface area contributed by atoms with Crippen LogP contribution in [0.5, 0.6) is 0 Å². The molecular weight excluding hydrogens is 244 g/mol. The summed E-state index contributed by atoms with van der Waals surface area (Å²) in [5.74, 6) is -0.479. The molecule has 6 heteroatoms. The van der Waals surface area contributed by atoms with E-state index in [4.69, 9.17) is 5.26 Å². The molecule has 0 aromatic carbocycles. The second-order valence-electron chi connectivity index (χ2n) is 4.90. The smallest absolute Gasteiger partial charge is 0.326 e. The molecule has 2 rings (SSSR count). The molecule has 1 fully saturated rings. The molecule has 0 radical (unpaired) electrons. The summed E-state index contributed by atoms with van der Waals surface area (Å²) in [6.07, 6.45) is 1.79. The summed E-state index contributed by atoms with van der Waals surface area (Å²) in [5, 5.41) is 18.3. The van der Waals surface area contributed by atoms with E-state index in [1.165, 1.54) is 0 Å². The minimum absolute atomic E-state index is 0.0425. The first-order valence-electron chi connectivity index (χ1n) is 6.28. The summed E-state index contributed by atoms with van der Waals surface area (Å²) < 4.78 is 0. The Morgan fingerprint density at radius 2 is 2.32 bits per heavy atom. The Bertz CT molecular complexity index is 538. The first-order valence-corrected chi connectivity index (χ1v) is 6.28. The molecule has 0 aliphatic carbocycles. The molecule has 2 heterocycles. The molecular formula is C13H16N4O2. The van der Waals surface area contributed by atoms with Crippen molar-refractivity contribution in [1.82, 2.24) is 9.97 Å². The van der Waals surface area contributed by atoms with E-state index in [1.54, 1.807) is 17.9 Å². The number of piperidine rings is 1. The van der Waals surface area contributed by atoms with Crippen LogP contribution in [-0.4, -0.2) is 33.6 Å². The van der Waals surface area contributed by atoms with Crippen molar-refractivity contribution in [2.45, 2.75) is 32.7 Å². The second-order valence-corrected chi connectivity index (χ2v) is 4.90. The second kappa shape index (κ2) is 5.22. The van der Waals surface area contributed by atoms with Gasteiger partial charge in [0.1, 0.15) is 17.8 Å². The first-order chi connectivity index (χ1) is 9.02. The van der Waals surface area contributed by atoms with Crippen LogP contribution in [0.2, 0.25) is 0 Å². The SMILES string of the molecule is Cc1cc(C#N)nc(N2CCCC(C)C2C(=O)O)n1. The van der Waals surface area contributed by atoms with Crippen LogP contribution in [0.25, 0.3) is 0 Å². The third-order valence-corrected chi connectivity index (χ3v) is 3.40. The number of nitriles is 1. The minimum Gasteiger partial charge on any atom is -0.480 e. The van der Waals surface area contributed by atoms with E-state index in [0.717, 1.165) is 12.8 Å². The van der Waals surface area contributed by atoms with E-state index >= 15 is 0 Å². The lowest BCUT2D eigenvalue weighted by atomic mass is 9.91. The number of carboxylic acids is 1. The molecule has 19 heavy (non-hydrogen) atoms. The summed E-state index contributed by atoms with van der Waals surface area (Å²) in [6.45, 7) is 4.30. The van der Waals surface area contributed by atoms with Crippen molar-refractivity contribution in [1.29, 1.82) is 5.26 Å². The molecule has 2 unspecified atom stereocenters. The van der Waals surface area contributed by atoms with Crippen LogP contribution in [-0.2, 0) is 4.79 Å². The van der Waals surface area contributed by atoms with Crippen LogP contribution in [0.3, 0.4) is 0 Å². The molecule has 6 nitrogen and oxygen atoms in total. The normalized spacial score (nSPS) is 22.9. The molecule has 1 N–H and O–H groups in total. The Hall–Kier alpha value is -2.16. The Kier molecular flexibility index (Phi) is 3.65. The van der Waals surface area contributed by atoms with E-state index in [2.05, 4.69) is 9.97 Å². The fraction of sp³-hybridized carbons (Fsp3) is 0.538. The van der Waals surface area contributed by atoms with Crippen LogP contribution < -0.4 is 4.90 Å². The van der Waals surface area contributed by atoms with Gasteiger partial charge < -0.3 is 10.0 Å². The number of carbonyl (C=O) groups is 1. The quantitative estimate of drug-likeness (QED) is 0.863. The maximum absolute atomic E-state index is 11.4. The number of aryl methyl sites for hydroxylation is 1. The number of nitrogens with zero attached hydrogens (tertiary/aromatic N) is 4. The molecule has 100 valence electrons. The van der Waals surface area contributed by atoms with Gasteiger partial charge in [0.05, 0.1) is 0 Å². The maximum Gasteiger partial charge on any atom is 0.326 e. The highest BCUT2D eigenvalue weighted by atomic mass is 16.4. The van der Waals surface area contributed by atoms with Crippen molar-refractivity contribution in [2.24, 2.45) is 5.92 Å². The minimum atomic E-state index is -0.865. The van der Waals surface area contributed by atoms with Crippen LogP contribution in [0.15, 0.2) is 6.07 Å². The molecule has 2 atom stereocenters. The highest BCUT2D eigenvalue weighted by Crippen LogP contribution is 2.27. The third kappa shape index (κ3) is 2.65. The molecule has 1 aliphatic heterocycles. The number of hydrogen-bond acceptors (Lipinski definition) is 5. The molecule has 1 aliphatic rings. The van der Waals surface area contributed by atoms with Gasteiger partial charge in [-0.3, -0.25) is 0 Å². The van der Waals surface area contributed by atoms with Gasteiger partial charge in [0.25, 0.3) is 0 Å². The third-order valence-electron chi connectivity index (χ3n) is 3.40. The van der Waals surface area contributed by atoms with Gasteiger partial charge in [-0.15, -0.1) is 0 Å². The van der Waals surface area contributed by atoms with Crippen LogP contribution in [0.4, 0.5) is 5.95 Å². The summed E-state index contributed by atoms with van der Waals surface area (Å²) in [5.41, 5.74) is 0.939. The van der Waals surface area contributed by atoms with Gasteiger partial charge in [-0.2, -0.15) is 5.26 Å². The van der Waals surface area contributed by atoms with Gasteiger partial charge in [-0.05, 0) is 31.7 Å². The van der Waals surface area contributed by atoms with E-state index < -0.39 is 12.0 Å². The number of rotatable bonds is 2. The van der Waals surface area contributed by atoms with Crippen molar-refractivity contribution in [3.63, 3.8) is 0 Å². The van der Waals surface area contributed by atoms with E-state index in [1.807, 2.05) is 13.0 Å². The zero-order chi connectivity index (χ0) is 14.0. The summed E-state index contributed by atoms with van der Waals surface area (Å²) in [6, 6.07) is 2.94. The number of hydrogen-bond donors (Lipinski definition) is 1. The summed E-state index contributed by atoms with van der Waals surface area (Å²) in [7, 11) is 0. The van der Waals surface area contributed by atoms with Gasteiger partial charge in [-0.1, -0.05) is 6.92 Å². The molecule has 1 saturated heterocycles. The molecule has 0 amide bonds. The van der Waals surface area contributed by atoms with Crippen LogP contribution in [0, 0.1) is 24.2 Å². The van der Waals surface area contributed by atoms with Crippen LogP contribution >= 0.6 is 0 Å². The van der Waals surface area contributed by atoms with Gasteiger partial charge in [0, 0.05) is 12.2 Å². The zero-order valence-corrected chi connectivity index (χ0v) is 11.0. The number of aromatic nitrogens is 2. The first kappa shape index (κ1) is 13.3. The number of anilines is 1. The average molecular weight is 260 g/mol. The lowest BCUT2D eigenvalue weighted by molar-refractivity contribution is -0.140. The molecule has 0 bridgehead atoms. The summed E-state index contributed by atoms with van der Waals surface area (Å²) in [4.78, 5) is 21.5. The highest BCUT2D eigenvalue weighted by molar-refractivity contribution is 5.78. The van der Waals surface area contributed by atoms with Crippen molar-refractivity contribution in [3.05, 3.63) is 17.5 Å². The molecule has 0 saturated carbocycles. The van der Waals surface area contributed by atoms with Gasteiger partial charge in [-0.25, -0.2) is 14.8 Å². The standard InChI is InChI=1S/C13H16N4O2/c1-8-4-3-5-17(11(8)12(18)19)13-15-9(2)6-10(7-14)16-13/h6,8,11H,3-5H2,1-2H3,(H,18,19). The number of carboxylic acid groups (broad SMARTS) is 1.